The summed E-state index contributed by atoms with van der Waals surface area (Å²) < 4.78 is 0. The molecule has 0 saturated carbocycles. The van der Waals surface area contributed by atoms with Crippen molar-refractivity contribution < 1.29 is 9.72 Å². The number of carbonyl (C=O) groups excluding carboxylic acids is 1. The zero-order chi connectivity index (χ0) is 14.5. The maximum Gasteiger partial charge on any atom is 0.274 e. The second kappa shape index (κ2) is 5.92. The first-order valence-electron chi connectivity index (χ1n) is 6.00. The van der Waals surface area contributed by atoms with E-state index >= 15 is 0 Å². The SMILES string of the molecule is Cc1c(NC(=O)Cc2ccncc2)cccc1[N+](=O)[O-]. The normalized spacial score (nSPS) is 10.1. The number of benzene rings is 1. The molecular formula is C14H13N3O3. The molecule has 1 aromatic carbocycles. The molecule has 0 fully saturated rings. The largest absolute Gasteiger partial charge is 0.325 e. The molecule has 0 atom stereocenters. The third kappa shape index (κ3) is 3.17. The summed E-state index contributed by atoms with van der Waals surface area (Å²) in [6.07, 6.45) is 3.42. The second-order valence-corrected chi connectivity index (χ2v) is 4.29. The zero-order valence-electron chi connectivity index (χ0n) is 10.9. The van der Waals surface area contributed by atoms with Gasteiger partial charge in [-0.2, -0.15) is 0 Å². The molecule has 6 nitrogen and oxygen atoms in total. The van der Waals surface area contributed by atoms with Crippen LogP contribution in [0.4, 0.5) is 11.4 Å². The van der Waals surface area contributed by atoms with Gasteiger partial charge in [-0.25, -0.2) is 0 Å². The van der Waals surface area contributed by atoms with E-state index in [9.17, 15) is 14.9 Å². The number of nitrogens with zero attached hydrogens (tertiary/aromatic N) is 2. The standard InChI is InChI=1S/C14H13N3O3/c1-10-12(3-2-4-13(10)17(19)20)16-14(18)9-11-5-7-15-8-6-11/h2-8H,9H2,1H3,(H,16,18). The highest BCUT2D eigenvalue weighted by molar-refractivity contribution is 5.93. The van der Waals surface area contributed by atoms with Gasteiger partial charge in [0.15, 0.2) is 0 Å². The Morgan fingerprint density at radius 3 is 2.65 bits per heavy atom. The maximum absolute atomic E-state index is 11.9. The molecule has 2 aromatic rings. The van der Waals surface area contributed by atoms with Crippen LogP contribution in [0.25, 0.3) is 0 Å². The first-order valence-corrected chi connectivity index (χ1v) is 6.00. The maximum atomic E-state index is 11.9. The molecule has 0 bridgehead atoms. The van der Waals surface area contributed by atoms with Crippen LogP contribution in [0, 0.1) is 17.0 Å². The lowest BCUT2D eigenvalue weighted by Gasteiger charge is -2.08. The van der Waals surface area contributed by atoms with E-state index in [2.05, 4.69) is 10.3 Å². The number of nitrogens with one attached hydrogen (secondary N) is 1. The average Bonchev–Trinajstić information content (AvgIpc) is 2.42. The lowest BCUT2D eigenvalue weighted by atomic mass is 10.1. The lowest BCUT2D eigenvalue weighted by Crippen LogP contribution is -2.15. The van der Waals surface area contributed by atoms with Gasteiger partial charge < -0.3 is 5.32 Å². The predicted octanol–water partition coefficient (Wildman–Crippen LogP) is 2.48. The van der Waals surface area contributed by atoms with Gasteiger partial charge in [0.2, 0.25) is 5.91 Å². The first kappa shape index (κ1) is 13.7. The molecule has 0 aliphatic rings. The van der Waals surface area contributed by atoms with Crippen molar-refractivity contribution in [3.63, 3.8) is 0 Å². The smallest absolute Gasteiger partial charge is 0.274 e. The van der Waals surface area contributed by atoms with Crippen LogP contribution in [0.5, 0.6) is 0 Å². The lowest BCUT2D eigenvalue weighted by molar-refractivity contribution is -0.385. The number of nitro benzene ring substituents is 1. The summed E-state index contributed by atoms with van der Waals surface area (Å²) in [6, 6.07) is 8.10. The Balaban J connectivity index is 2.12. The molecule has 2 rings (SSSR count). The molecule has 0 saturated heterocycles. The number of hydrogen-bond acceptors (Lipinski definition) is 4. The topological polar surface area (TPSA) is 85.1 Å². The minimum absolute atomic E-state index is 0.00767. The van der Waals surface area contributed by atoms with Crippen LogP contribution in [0.2, 0.25) is 0 Å². The van der Waals surface area contributed by atoms with Crippen molar-refractivity contribution in [3.8, 4) is 0 Å². The molecule has 0 aliphatic heterocycles. The Morgan fingerprint density at radius 1 is 1.30 bits per heavy atom. The first-order chi connectivity index (χ1) is 9.58. The minimum atomic E-state index is -0.464. The van der Waals surface area contributed by atoms with Gasteiger partial charge >= 0.3 is 0 Å². The zero-order valence-corrected chi connectivity index (χ0v) is 10.9. The minimum Gasteiger partial charge on any atom is -0.325 e. The van der Waals surface area contributed by atoms with E-state index in [1.165, 1.54) is 6.07 Å². The molecule has 0 unspecified atom stereocenters. The fourth-order valence-electron chi connectivity index (χ4n) is 1.84. The third-order valence-corrected chi connectivity index (χ3v) is 2.89. The summed E-state index contributed by atoms with van der Waals surface area (Å²) in [5.41, 5.74) is 1.73. The van der Waals surface area contributed by atoms with Crippen molar-refractivity contribution >= 4 is 17.3 Å². The van der Waals surface area contributed by atoms with E-state index < -0.39 is 4.92 Å². The number of hydrogen-bond donors (Lipinski definition) is 1. The summed E-state index contributed by atoms with van der Waals surface area (Å²) in [5.74, 6) is -0.222. The van der Waals surface area contributed by atoms with Crippen molar-refractivity contribution in [2.45, 2.75) is 13.3 Å². The van der Waals surface area contributed by atoms with Crippen LogP contribution in [0.1, 0.15) is 11.1 Å². The van der Waals surface area contributed by atoms with Gasteiger partial charge in [0.1, 0.15) is 0 Å². The Morgan fingerprint density at radius 2 is 2.00 bits per heavy atom. The van der Waals surface area contributed by atoms with Gasteiger partial charge in [-0.1, -0.05) is 6.07 Å². The summed E-state index contributed by atoms with van der Waals surface area (Å²) in [7, 11) is 0. The Labute approximate surface area is 115 Å². The third-order valence-electron chi connectivity index (χ3n) is 2.89. The molecule has 0 radical (unpaired) electrons. The number of carbonyl (C=O) groups is 1. The number of pyridine rings is 1. The highest BCUT2D eigenvalue weighted by atomic mass is 16.6. The van der Waals surface area contributed by atoms with Gasteiger partial charge in [0.05, 0.1) is 22.6 Å². The Kier molecular flexibility index (Phi) is 4.05. The van der Waals surface area contributed by atoms with Crippen LogP contribution in [-0.2, 0) is 11.2 Å². The van der Waals surface area contributed by atoms with Crippen LogP contribution < -0.4 is 5.32 Å². The number of rotatable bonds is 4. The Bertz CT molecular complexity index is 641. The molecule has 1 aromatic heterocycles. The quantitative estimate of drug-likeness (QED) is 0.683. The summed E-state index contributed by atoms with van der Waals surface area (Å²) in [6.45, 7) is 1.61. The van der Waals surface area contributed by atoms with Gasteiger partial charge in [0, 0.05) is 18.5 Å². The number of nitro groups is 1. The van der Waals surface area contributed by atoms with Crippen LogP contribution in [-0.4, -0.2) is 15.8 Å². The summed E-state index contributed by atoms with van der Waals surface area (Å²) >= 11 is 0. The van der Waals surface area contributed by atoms with Crippen molar-refractivity contribution in [1.29, 1.82) is 0 Å². The fraction of sp³-hybridized carbons (Fsp3) is 0.143. The van der Waals surface area contributed by atoms with E-state index in [0.29, 0.717) is 11.3 Å². The predicted molar refractivity (Wildman–Crippen MR) is 74.4 cm³/mol. The molecule has 102 valence electrons. The van der Waals surface area contributed by atoms with Crippen molar-refractivity contribution in [2.24, 2.45) is 0 Å². The van der Waals surface area contributed by atoms with E-state index in [1.807, 2.05) is 0 Å². The van der Waals surface area contributed by atoms with Crippen molar-refractivity contribution in [1.82, 2.24) is 4.98 Å². The van der Waals surface area contributed by atoms with Crippen LogP contribution in [0.3, 0.4) is 0 Å². The molecular weight excluding hydrogens is 258 g/mol. The van der Waals surface area contributed by atoms with Crippen molar-refractivity contribution in [2.75, 3.05) is 5.32 Å². The van der Waals surface area contributed by atoms with Crippen molar-refractivity contribution in [3.05, 3.63) is 64.0 Å². The molecule has 20 heavy (non-hydrogen) atoms. The summed E-state index contributed by atoms with van der Waals surface area (Å²) in [5, 5.41) is 13.5. The number of amides is 1. The highest BCUT2D eigenvalue weighted by Gasteiger charge is 2.14. The highest BCUT2D eigenvalue weighted by Crippen LogP contribution is 2.25. The molecule has 6 heteroatoms. The fourth-order valence-corrected chi connectivity index (χ4v) is 1.84. The average molecular weight is 271 g/mol. The molecule has 0 spiro atoms. The Hall–Kier alpha value is -2.76. The van der Waals surface area contributed by atoms with E-state index in [0.717, 1.165) is 5.56 Å². The second-order valence-electron chi connectivity index (χ2n) is 4.29. The van der Waals surface area contributed by atoms with Gasteiger partial charge in [-0.3, -0.25) is 19.9 Å². The van der Waals surface area contributed by atoms with E-state index in [-0.39, 0.29) is 18.0 Å². The molecule has 1 N–H and O–H groups in total. The monoisotopic (exact) mass is 271 g/mol. The van der Waals surface area contributed by atoms with E-state index in [4.69, 9.17) is 0 Å². The number of aromatic nitrogens is 1. The van der Waals surface area contributed by atoms with E-state index in [1.54, 1.807) is 43.6 Å². The van der Waals surface area contributed by atoms with Gasteiger partial charge in [-0.15, -0.1) is 0 Å². The van der Waals surface area contributed by atoms with Gasteiger partial charge in [-0.05, 0) is 30.7 Å². The number of anilines is 1. The van der Waals surface area contributed by atoms with Crippen LogP contribution >= 0.6 is 0 Å². The summed E-state index contributed by atoms with van der Waals surface area (Å²) in [4.78, 5) is 26.2. The molecule has 1 amide bonds. The molecule has 0 aliphatic carbocycles. The molecule has 1 heterocycles. The van der Waals surface area contributed by atoms with Crippen LogP contribution in [0.15, 0.2) is 42.7 Å². The van der Waals surface area contributed by atoms with Gasteiger partial charge in [0.25, 0.3) is 5.69 Å².